The van der Waals surface area contributed by atoms with E-state index >= 15 is 0 Å². The van der Waals surface area contributed by atoms with Crippen molar-refractivity contribution < 1.29 is 4.74 Å². The Bertz CT molecular complexity index is 798. The molecule has 3 aromatic carbocycles. The fraction of sp³-hybridized carbons (Fsp3) is 0.111. The molecule has 0 saturated carbocycles. The first-order chi connectivity index (χ1) is 10.2. The molecule has 2 nitrogen and oxygen atoms in total. The summed E-state index contributed by atoms with van der Waals surface area (Å²) in [5, 5.41) is 3.03. The predicted octanol–water partition coefficient (Wildman–Crippen LogP) is 4.63. The highest BCUT2D eigenvalue weighted by Gasteiger charge is 2.06. The topological polar surface area (TPSA) is 35.2 Å². The van der Waals surface area contributed by atoms with E-state index in [4.69, 9.17) is 22.1 Å². The Morgan fingerprint density at radius 1 is 0.952 bits per heavy atom. The van der Waals surface area contributed by atoms with Crippen LogP contribution in [0.2, 0.25) is 5.02 Å². The monoisotopic (exact) mass is 297 g/mol. The Labute approximate surface area is 129 Å². The number of halogens is 1. The minimum atomic E-state index is 0.498. The van der Waals surface area contributed by atoms with Crippen LogP contribution in [0.5, 0.6) is 5.75 Å². The number of methoxy groups -OCH3 is 1. The first-order valence-electron chi connectivity index (χ1n) is 6.78. The van der Waals surface area contributed by atoms with Gasteiger partial charge in [0, 0.05) is 17.1 Å². The Morgan fingerprint density at radius 2 is 1.71 bits per heavy atom. The third-order valence-corrected chi connectivity index (χ3v) is 3.94. The zero-order valence-corrected chi connectivity index (χ0v) is 12.5. The number of hydrogen-bond acceptors (Lipinski definition) is 2. The van der Waals surface area contributed by atoms with Gasteiger partial charge in [0.25, 0.3) is 0 Å². The maximum absolute atomic E-state index is 6.37. The summed E-state index contributed by atoms with van der Waals surface area (Å²) in [7, 11) is 1.67. The van der Waals surface area contributed by atoms with Crippen molar-refractivity contribution >= 4 is 22.4 Å². The molecule has 2 N–H and O–H groups in total. The van der Waals surface area contributed by atoms with E-state index in [1.54, 1.807) is 7.11 Å². The lowest BCUT2D eigenvalue weighted by Crippen LogP contribution is -1.95. The fourth-order valence-electron chi connectivity index (χ4n) is 2.44. The molecule has 106 valence electrons. The summed E-state index contributed by atoms with van der Waals surface area (Å²) in [5.74, 6) is 0.862. The zero-order chi connectivity index (χ0) is 14.8. The Hall–Kier alpha value is -2.03. The summed E-state index contributed by atoms with van der Waals surface area (Å²) < 4.78 is 5.25. The summed E-state index contributed by atoms with van der Waals surface area (Å²) in [6, 6.07) is 18.3. The van der Waals surface area contributed by atoms with Crippen molar-refractivity contribution in [1.82, 2.24) is 0 Å². The Balaban J connectivity index is 2.08. The van der Waals surface area contributed by atoms with Gasteiger partial charge in [-0.15, -0.1) is 0 Å². The molecule has 0 aliphatic rings. The molecule has 0 aromatic heterocycles. The minimum absolute atomic E-state index is 0.498. The summed E-state index contributed by atoms with van der Waals surface area (Å²) >= 11 is 6.37. The highest BCUT2D eigenvalue weighted by atomic mass is 35.5. The van der Waals surface area contributed by atoms with Crippen molar-refractivity contribution in [3.05, 3.63) is 65.2 Å². The Kier molecular flexibility index (Phi) is 3.82. The van der Waals surface area contributed by atoms with Crippen LogP contribution in [0.4, 0.5) is 0 Å². The van der Waals surface area contributed by atoms with Crippen molar-refractivity contribution in [1.29, 1.82) is 0 Å². The lowest BCUT2D eigenvalue weighted by atomic mass is 10.00. The van der Waals surface area contributed by atoms with Gasteiger partial charge in [0.15, 0.2) is 0 Å². The van der Waals surface area contributed by atoms with Gasteiger partial charge in [0.1, 0.15) is 5.75 Å². The maximum atomic E-state index is 6.37. The molecule has 0 unspecified atom stereocenters. The van der Waals surface area contributed by atoms with Crippen LogP contribution in [0.1, 0.15) is 5.56 Å². The predicted molar refractivity (Wildman–Crippen MR) is 88.8 cm³/mol. The van der Waals surface area contributed by atoms with E-state index in [9.17, 15) is 0 Å². The van der Waals surface area contributed by atoms with Gasteiger partial charge in [-0.3, -0.25) is 0 Å². The summed E-state index contributed by atoms with van der Waals surface area (Å²) in [6.07, 6.45) is 0. The van der Waals surface area contributed by atoms with Crippen LogP contribution in [-0.4, -0.2) is 7.11 Å². The lowest BCUT2D eigenvalue weighted by Gasteiger charge is -2.09. The standard InChI is InChI=1S/C18H16ClNO/c1-21-16-6-5-13-9-15(4-3-14(13)10-16)17-7-2-12(11-20)8-18(17)19/h2-10H,11,20H2,1H3. The number of ether oxygens (including phenoxy) is 1. The Morgan fingerprint density at radius 3 is 2.43 bits per heavy atom. The largest absolute Gasteiger partial charge is 0.497 e. The van der Waals surface area contributed by atoms with Crippen LogP contribution in [0.25, 0.3) is 21.9 Å². The first kappa shape index (κ1) is 13.9. The normalized spacial score (nSPS) is 10.8. The summed E-state index contributed by atoms with van der Waals surface area (Å²) in [5.41, 5.74) is 8.79. The van der Waals surface area contributed by atoms with Crippen molar-refractivity contribution in [3.63, 3.8) is 0 Å². The van der Waals surface area contributed by atoms with Crippen LogP contribution in [0.3, 0.4) is 0 Å². The third kappa shape index (κ3) is 2.73. The van der Waals surface area contributed by atoms with E-state index in [0.29, 0.717) is 6.54 Å². The zero-order valence-electron chi connectivity index (χ0n) is 11.8. The highest BCUT2D eigenvalue weighted by Crippen LogP contribution is 2.32. The van der Waals surface area contributed by atoms with Gasteiger partial charge in [-0.2, -0.15) is 0 Å². The van der Waals surface area contributed by atoms with Gasteiger partial charge < -0.3 is 10.5 Å². The minimum Gasteiger partial charge on any atom is -0.497 e. The van der Waals surface area contributed by atoms with Crippen LogP contribution in [-0.2, 0) is 6.54 Å². The van der Waals surface area contributed by atoms with Crippen molar-refractivity contribution in [2.75, 3.05) is 7.11 Å². The molecule has 3 rings (SSSR count). The highest BCUT2D eigenvalue weighted by molar-refractivity contribution is 6.33. The van der Waals surface area contributed by atoms with Crippen LogP contribution >= 0.6 is 11.6 Å². The van der Waals surface area contributed by atoms with Gasteiger partial charge in [0.05, 0.1) is 7.11 Å². The summed E-state index contributed by atoms with van der Waals surface area (Å²) in [4.78, 5) is 0. The van der Waals surface area contributed by atoms with Gasteiger partial charge in [-0.05, 0) is 46.2 Å². The van der Waals surface area contributed by atoms with Gasteiger partial charge in [-0.25, -0.2) is 0 Å². The molecule has 0 radical (unpaired) electrons. The third-order valence-electron chi connectivity index (χ3n) is 3.63. The van der Waals surface area contributed by atoms with E-state index in [0.717, 1.165) is 38.2 Å². The first-order valence-corrected chi connectivity index (χ1v) is 7.16. The molecule has 3 heteroatoms. The number of hydrogen-bond donors (Lipinski definition) is 1. The van der Waals surface area contributed by atoms with E-state index in [1.165, 1.54) is 0 Å². The molecule has 0 saturated heterocycles. The van der Waals surface area contributed by atoms with E-state index < -0.39 is 0 Å². The van der Waals surface area contributed by atoms with E-state index in [1.807, 2.05) is 30.3 Å². The number of fused-ring (bicyclic) bond motifs is 1. The SMILES string of the molecule is COc1ccc2cc(-c3ccc(CN)cc3Cl)ccc2c1. The number of benzene rings is 3. The molecular weight excluding hydrogens is 282 g/mol. The molecule has 3 aromatic rings. The molecule has 0 heterocycles. The lowest BCUT2D eigenvalue weighted by molar-refractivity contribution is 0.415. The van der Waals surface area contributed by atoms with Crippen LogP contribution in [0, 0.1) is 0 Å². The smallest absolute Gasteiger partial charge is 0.119 e. The van der Waals surface area contributed by atoms with Gasteiger partial charge in [-0.1, -0.05) is 41.9 Å². The van der Waals surface area contributed by atoms with Gasteiger partial charge >= 0.3 is 0 Å². The van der Waals surface area contributed by atoms with E-state index in [-0.39, 0.29) is 0 Å². The second kappa shape index (κ2) is 5.76. The molecule has 0 aliphatic heterocycles. The van der Waals surface area contributed by atoms with Crippen molar-refractivity contribution in [3.8, 4) is 16.9 Å². The number of nitrogens with two attached hydrogens (primary N) is 1. The quantitative estimate of drug-likeness (QED) is 0.765. The van der Waals surface area contributed by atoms with Gasteiger partial charge in [0.2, 0.25) is 0 Å². The molecule has 0 bridgehead atoms. The maximum Gasteiger partial charge on any atom is 0.119 e. The van der Waals surface area contributed by atoms with Crippen LogP contribution < -0.4 is 10.5 Å². The van der Waals surface area contributed by atoms with Crippen molar-refractivity contribution in [2.24, 2.45) is 5.73 Å². The molecule has 0 spiro atoms. The molecule has 0 fully saturated rings. The second-order valence-corrected chi connectivity index (χ2v) is 5.35. The van der Waals surface area contributed by atoms with Crippen LogP contribution in [0.15, 0.2) is 54.6 Å². The summed E-state index contributed by atoms with van der Waals surface area (Å²) in [6.45, 7) is 0.498. The average Bonchev–Trinajstić information content (AvgIpc) is 2.53. The average molecular weight is 298 g/mol. The number of rotatable bonds is 3. The van der Waals surface area contributed by atoms with Crippen molar-refractivity contribution in [2.45, 2.75) is 6.54 Å². The molecule has 0 amide bonds. The molecule has 21 heavy (non-hydrogen) atoms. The second-order valence-electron chi connectivity index (χ2n) is 4.95. The van der Waals surface area contributed by atoms with E-state index in [2.05, 4.69) is 24.3 Å². The fourth-order valence-corrected chi connectivity index (χ4v) is 2.75. The molecule has 0 atom stereocenters. The molecule has 0 aliphatic carbocycles. The molecular formula is C18H16ClNO.